The van der Waals surface area contributed by atoms with Gasteiger partial charge in [-0.05, 0) is 24.7 Å². The Balaban J connectivity index is 4.85. The quantitative estimate of drug-likeness (QED) is 0.700. The summed E-state index contributed by atoms with van der Waals surface area (Å²) >= 11 is 0. The predicted molar refractivity (Wildman–Crippen MR) is 69.7 cm³/mol. The van der Waals surface area contributed by atoms with Crippen LogP contribution in [-0.2, 0) is 9.53 Å². The summed E-state index contributed by atoms with van der Waals surface area (Å²) in [5.41, 5.74) is -0.355. The molecule has 1 unspecified atom stereocenters. The standard InChI is InChI=1S/C14H28O3/c1-7-13(4,5)10-14(6,11(2)3)12(16)17-9-8-15/h11,15H,7-10H2,1-6H3. The van der Waals surface area contributed by atoms with Gasteiger partial charge in [0.2, 0.25) is 0 Å². The van der Waals surface area contributed by atoms with Crippen LogP contribution in [0.2, 0.25) is 0 Å². The molecule has 0 aliphatic carbocycles. The van der Waals surface area contributed by atoms with Gasteiger partial charge in [-0.3, -0.25) is 4.79 Å². The minimum atomic E-state index is -0.477. The van der Waals surface area contributed by atoms with Crippen molar-refractivity contribution in [1.82, 2.24) is 0 Å². The molecule has 1 atom stereocenters. The molecular formula is C14H28O3. The number of hydrogen-bond acceptors (Lipinski definition) is 3. The van der Waals surface area contributed by atoms with Crippen LogP contribution >= 0.6 is 0 Å². The highest BCUT2D eigenvalue weighted by molar-refractivity contribution is 5.76. The molecule has 102 valence electrons. The van der Waals surface area contributed by atoms with Crippen molar-refractivity contribution in [3.63, 3.8) is 0 Å². The Hall–Kier alpha value is -0.570. The van der Waals surface area contributed by atoms with Crippen molar-refractivity contribution < 1.29 is 14.6 Å². The van der Waals surface area contributed by atoms with Crippen LogP contribution in [0.1, 0.15) is 54.4 Å². The van der Waals surface area contributed by atoms with Crippen LogP contribution < -0.4 is 0 Å². The van der Waals surface area contributed by atoms with Crippen LogP contribution in [0, 0.1) is 16.7 Å². The van der Waals surface area contributed by atoms with Crippen LogP contribution in [0.15, 0.2) is 0 Å². The lowest BCUT2D eigenvalue weighted by Gasteiger charge is -2.38. The molecule has 0 spiro atoms. The van der Waals surface area contributed by atoms with Crippen molar-refractivity contribution in [3.05, 3.63) is 0 Å². The number of esters is 1. The first kappa shape index (κ1) is 16.4. The molecule has 3 heteroatoms. The minimum Gasteiger partial charge on any atom is -0.463 e. The highest BCUT2D eigenvalue weighted by Gasteiger charge is 2.41. The minimum absolute atomic E-state index is 0.0910. The molecule has 0 aromatic carbocycles. The summed E-state index contributed by atoms with van der Waals surface area (Å²) < 4.78 is 5.12. The highest BCUT2D eigenvalue weighted by atomic mass is 16.5. The Morgan fingerprint density at radius 1 is 1.29 bits per heavy atom. The second-order valence-corrected chi connectivity index (χ2v) is 6.13. The summed E-state index contributed by atoms with van der Waals surface area (Å²) in [6, 6.07) is 0. The van der Waals surface area contributed by atoms with Crippen molar-refractivity contribution >= 4 is 5.97 Å². The van der Waals surface area contributed by atoms with Crippen LogP contribution in [0.5, 0.6) is 0 Å². The van der Waals surface area contributed by atoms with E-state index in [2.05, 4.69) is 20.8 Å². The third-order valence-electron chi connectivity index (χ3n) is 3.87. The monoisotopic (exact) mass is 244 g/mol. The van der Waals surface area contributed by atoms with Gasteiger partial charge in [0.1, 0.15) is 6.61 Å². The van der Waals surface area contributed by atoms with Gasteiger partial charge in [0.15, 0.2) is 0 Å². The van der Waals surface area contributed by atoms with E-state index in [1.807, 2.05) is 20.8 Å². The molecule has 0 saturated heterocycles. The number of carbonyl (C=O) groups excluding carboxylic acids is 1. The Kier molecular flexibility index (Phi) is 6.17. The van der Waals surface area contributed by atoms with Crippen molar-refractivity contribution in [1.29, 1.82) is 0 Å². The zero-order valence-electron chi connectivity index (χ0n) is 12.2. The summed E-state index contributed by atoms with van der Waals surface area (Å²) in [6.45, 7) is 12.5. The first-order valence-electron chi connectivity index (χ1n) is 6.47. The smallest absolute Gasteiger partial charge is 0.312 e. The summed E-state index contributed by atoms with van der Waals surface area (Å²) in [5.74, 6) is 0.0302. The largest absolute Gasteiger partial charge is 0.463 e. The molecule has 17 heavy (non-hydrogen) atoms. The van der Waals surface area contributed by atoms with E-state index in [1.54, 1.807) is 0 Å². The summed E-state index contributed by atoms with van der Waals surface area (Å²) in [7, 11) is 0. The molecule has 3 nitrogen and oxygen atoms in total. The lowest BCUT2D eigenvalue weighted by Crippen LogP contribution is -2.39. The van der Waals surface area contributed by atoms with Crippen LogP contribution in [-0.4, -0.2) is 24.3 Å². The number of ether oxygens (including phenoxy) is 1. The van der Waals surface area contributed by atoms with Crippen LogP contribution in [0.3, 0.4) is 0 Å². The van der Waals surface area contributed by atoms with Gasteiger partial charge in [-0.1, -0.05) is 41.0 Å². The SMILES string of the molecule is CCC(C)(C)CC(C)(C(=O)OCCO)C(C)C. The fourth-order valence-corrected chi connectivity index (χ4v) is 1.93. The van der Waals surface area contributed by atoms with Crippen LogP contribution in [0.25, 0.3) is 0 Å². The lowest BCUT2D eigenvalue weighted by molar-refractivity contribution is -0.161. The van der Waals surface area contributed by atoms with Gasteiger partial charge < -0.3 is 9.84 Å². The molecule has 0 rings (SSSR count). The average Bonchev–Trinajstić information content (AvgIpc) is 2.24. The third kappa shape index (κ3) is 4.66. The van der Waals surface area contributed by atoms with E-state index in [4.69, 9.17) is 9.84 Å². The van der Waals surface area contributed by atoms with Crippen molar-refractivity contribution in [2.45, 2.75) is 54.4 Å². The number of carbonyl (C=O) groups is 1. The Labute approximate surface area is 106 Å². The maximum Gasteiger partial charge on any atom is 0.312 e. The molecule has 0 heterocycles. The van der Waals surface area contributed by atoms with Crippen molar-refractivity contribution in [2.75, 3.05) is 13.2 Å². The van der Waals surface area contributed by atoms with Crippen molar-refractivity contribution in [3.8, 4) is 0 Å². The van der Waals surface area contributed by atoms with Gasteiger partial charge in [0.25, 0.3) is 0 Å². The first-order chi connectivity index (χ1) is 7.69. The van der Waals surface area contributed by atoms with E-state index in [9.17, 15) is 4.79 Å². The Morgan fingerprint density at radius 2 is 1.82 bits per heavy atom. The number of hydrogen-bond donors (Lipinski definition) is 1. The zero-order chi connectivity index (χ0) is 13.7. The van der Waals surface area contributed by atoms with E-state index in [1.165, 1.54) is 0 Å². The number of rotatable bonds is 7. The lowest BCUT2D eigenvalue weighted by atomic mass is 9.67. The second-order valence-electron chi connectivity index (χ2n) is 6.13. The zero-order valence-corrected chi connectivity index (χ0v) is 12.2. The van der Waals surface area contributed by atoms with Gasteiger partial charge in [0.05, 0.1) is 12.0 Å². The molecular weight excluding hydrogens is 216 g/mol. The van der Waals surface area contributed by atoms with Gasteiger partial charge in [-0.15, -0.1) is 0 Å². The van der Waals surface area contributed by atoms with Gasteiger partial charge in [-0.25, -0.2) is 0 Å². The fraction of sp³-hybridized carbons (Fsp3) is 0.929. The molecule has 0 aliphatic heterocycles. The predicted octanol–water partition coefficient (Wildman–Crippen LogP) is 3.01. The van der Waals surface area contributed by atoms with Crippen LogP contribution in [0.4, 0.5) is 0 Å². The Morgan fingerprint density at radius 3 is 2.18 bits per heavy atom. The maximum atomic E-state index is 12.1. The number of aliphatic hydroxyl groups excluding tert-OH is 1. The normalized spacial score (nSPS) is 15.8. The average molecular weight is 244 g/mol. The fourth-order valence-electron chi connectivity index (χ4n) is 1.93. The maximum absolute atomic E-state index is 12.1. The molecule has 0 radical (unpaired) electrons. The van der Waals surface area contributed by atoms with Gasteiger partial charge in [-0.2, -0.15) is 0 Å². The Bertz CT molecular complexity index is 246. The van der Waals surface area contributed by atoms with Gasteiger partial charge in [0, 0.05) is 0 Å². The van der Waals surface area contributed by atoms with E-state index in [0.29, 0.717) is 0 Å². The molecule has 1 N–H and O–H groups in total. The summed E-state index contributed by atoms with van der Waals surface area (Å²) in [5, 5.41) is 8.72. The van der Waals surface area contributed by atoms with E-state index >= 15 is 0 Å². The second kappa shape index (κ2) is 6.39. The van der Waals surface area contributed by atoms with E-state index in [-0.39, 0.29) is 30.5 Å². The van der Waals surface area contributed by atoms with Crippen molar-refractivity contribution in [2.24, 2.45) is 16.7 Å². The first-order valence-corrected chi connectivity index (χ1v) is 6.47. The highest BCUT2D eigenvalue weighted by Crippen LogP contribution is 2.42. The molecule has 0 aromatic heterocycles. The molecule has 0 aliphatic rings. The van der Waals surface area contributed by atoms with Gasteiger partial charge >= 0.3 is 5.97 Å². The molecule has 0 amide bonds. The summed E-state index contributed by atoms with van der Waals surface area (Å²) in [4.78, 5) is 12.1. The summed E-state index contributed by atoms with van der Waals surface area (Å²) in [6.07, 6.45) is 1.83. The molecule has 0 fully saturated rings. The molecule has 0 aromatic rings. The topological polar surface area (TPSA) is 46.5 Å². The van der Waals surface area contributed by atoms with E-state index < -0.39 is 5.41 Å². The van der Waals surface area contributed by atoms with E-state index in [0.717, 1.165) is 12.8 Å². The molecule has 0 bridgehead atoms. The number of aliphatic hydroxyl groups is 1. The molecule has 0 saturated carbocycles. The third-order valence-corrected chi connectivity index (χ3v) is 3.87.